The number of benzene rings is 2. The first-order chi connectivity index (χ1) is 9.38. The molecule has 0 aliphatic carbocycles. The second-order valence-electron chi connectivity index (χ2n) is 4.27. The zero-order valence-electron chi connectivity index (χ0n) is 10.5. The highest BCUT2D eigenvalue weighted by atomic mass is 79.9. The molecule has 3 N–H and O–H groups in total. The minimum absolute atomic E-state index is 0.0804. The summed E-state index contributed by atoms with van der Waals surface area (Å²) in [7, 11) is 0. The lowest BCUT2D eigenvalue weighted by molar-refractivity contribution is 0.102. The van der Waals surface area contributed by atoms with Crippen LogP contribution in [0.25, 0.3) is 0 Å². The summed E-state index contributed by atoms with van der Waals surface area (Å²) in [6.45, 7) is 1.86. The van der Waals surface area contributed by atoms with Crippen LogP contribution in [-0.2, 0) is 0 Å². The van der Waals surface area contributed by atoms with Crippen LogP contribution in [0, 0.1) is 12.7 Å². The van der Waals surface area contributed by atoms with Crippen molar-refractivity contribution in [1.29, 1.82) is 0 Å². The van der Waals surface area contributed by atoms with E-state index in [1.807, 2.05) is 6.92 Å². The Kier molecular flexibility index (Phi) is 4.30. The Hall–Kier alpha value is -1.59. The molecule has 0 aliphatic heterocycles. The summed E-state index contributed by atoms with van der Waals surface area (Å²) in [6, 6.07) is 7.06. The third kappa shape index (κ3) is 3.11. The number of hydrogen-bond donors (Lipinski definition) is 2. The molecule has 2 aromatic rings. The molecule has 0 unspecified atom stereocenters. The standard InChI is InChI=1S/C14H11BrClFN2O/c1-7-4-10(15)13(6-11(7)16)19-14(20)9-3-2-8(17)5-12(9)18/h2-6H,18H2,1H3,(H,19,20). The number of aryl methyl sites for hydroxylation is 1. The number of carbonyl (C=O) groups is 1. The number of amides is 1. The number of hydrogen-bond acceptors (Lipinski definition) is 2. The molecule has 0 atom stereocenters. The average molecular weight is 358 g/mol. The molecule has 0 aromatic heterocycles. The fraction of sp³-hybridized carbons (Fsp3) is 0.0714. The fourth-order valence-electron chi connectivity index (χ4n) is 1.67. The SMILES string of the molecule is Cc1cc(Br)c(NC(=O)c2ccc(F)cc2N)cc1Cl. The highest BCUT2D eigenvalue weighted by molar-refractivity contribution is 9.10. The van der Waals surface area contributed by atoms with Gasteiger partial charge < -0.3 is 11.1 Å². The first-order valence-corrected chi connectivity index (χ1v) is 6.87. The van der Waals surface area contributed by atoms with Crippen molar-refractivity contribution in [3.8, 4) is 0 Å². The van der Waals surface area contributed by atoms with Crippen LogP contribution in [-0.4, -0.2) is 5.91 Å². The highest BCUT2D eigenvalue weighted by Crippen LogP contribution is 2.29. The Morgan fingerprint density at radius 1 is 1.35 bits per heavy atom. The van der Waals surface area contributed by atoms with Gasteiger partial charge in [0.2, 0.25) is 0 Å². The van der Waals surface area contributed by atoms with Gasteiger partial charge >= 0.3 is 0 Å². The molecule has 0 aliphatic rings. The Labute approximate surface area is 129 Å². The van der Waals surface area contributed by atoms with Gasteiger partial charge in [-0.1, -0.05) is 11.6 Å². The van der Waals surface area contributed by atoms with E-state index in [1.54, 1.807) is 12.1 Å². The number of carbonyl (C=O) groups excluding carboxylic acids is 1. The van der Waals surface area contributed by atoms with Crippen LogP contribution in [0.3, 0.4) is 0 Å². The zero-order chi connectivity index (χ0) is 14.9. The van der Waals surface area contributed by atoms with E-state index in [2.05, 4.69) is 21.2 Å². The molecule has 0 saturated carbocycles. The van der Waals surface area contributed by atoms with E-state index in [0.717, 1.165) is 11.6 Å². The van der Waals surface area contributed by atoms with Gasteiger partial charge in [0, 0.05) is 15.2 Å². The van der Waals surface area contributed by atoms with Gasteiger partial charge in [-0.2, -0.15) is 0 Å². The van der Waals surface area contributed by atoms with Gasteiger partial charge in [-0.25, -0.2) is 4.39 Å². The third-order valence-corrected chi connectivity index (χ3v) is 3.82. The van der Waals surface area contributed by atoms with Crippen molar-refractivity contribution in [2.45, 2.75) is 6.92 Å². The molecule has 6 heteroatoms. The predicted octanol–water partition coefficient (Wildman–Crippen LogP) is 4.38. The van der Waals surface area contributed by atoms with E-state index in [1.165, 1.54) is 12.1 Å². The molecule has 2 aromatic carbocycles. The number of anilines is 2. The van der Waals surface area contributed by atoms with Crippen LogP contribution in [0.1, 0.15) is 15.9 Å². The van der Waals surface area contributed by atoms with Crippen molar-refractivity contribution in [2.75, 3.05) is 11.1 Å². The maximum Gasteiger partial charge on any atom is 0.257 e. The summed E-state index contributed by atoms with van der Waals surface area (Å²) < 4.78 is 13.7. The highest BCUT2D eigenvalue weighted by Gasteiger charge is 2.13. The van der Waals surface area contributed by atoms with Crippen molar-refractivity contribution in [3.05, 3.63) is 56.8 Å². The van der Waals surface area contributed by atoms with Crippen molar-refractivity contribution in [3.63, 3.8) is 0 Å². The topological polar surface area (TPSA) is 55.1 Å². The molecule has 0 saturated heterocycles. The molecule has 0 spiro atoms. The van der Waals surface area contributed by atoms with E-state index < -0.39 is 11.7 Å². The molecule has 0 radical (unpaired) electrons. The van der Waals surface area contributed by atoms with E-state index in [-0.39, 0.29) is 11.3 Å². The molecule has 0 fully saturated rings. The number of halogens is 3. The van der Waals surface area contributed by atoms with Crippen LogP contribution in [0.2, 0.25) is 5.02 Å². The summed E-state index contributed by atoms with van der Waals surface area (Å²) >= 11 is 9.37. The Balaban J connectivity index is 2.30. The summed E-state index contributed by atoms with van der Waals surface area (Å²) in [4.78, 5) is 12.1. The smallest absolute Gasteiger partial charge is 0.257 e. The van der Waals surface area contributed by atoms with Gasteiger partial charge in [0.25, 0.3) is 5.91 Å². The molecule has 0 bridgehead atoms. The first-order valence-electron chi connectivity index (χ1n) is 5.70. The van der Waals surface area contributed by atoms with Crippen molar-refractivity contribution in [2.24, 2.45) is 0 Å². The monoisotopic (exact) mass is 356 g/mol. The average Bonchev–Trinajstić information content (AvgIpc) is 2.35. The quantitative estimate of drug-likeness (QED) is 0.783. The van der Waals surface area contributed by atoms with Crippen LogP contribution >= 0.6 is 27.5 Å². The lowest BCUT2D eigenvalue weighted by Gasteiger charge is -2.11. The Morgan fingerprint density at radius 3 is 2.70 bits per heavy atom. The van der Waals surface area contributed by atoms with Gasteiger partial charge in [0.1, 0.15) is 5.82 Å². The van der Waals surface area contributed by atoms with E-state index in [9.17, 15) is 9.18 Å². The minimum Gasteiger partial charge on any atom is -0.398 e. The van der Waals surface area contributed by atoms with Gasteiger partial charge in [-0.15, -0.1) is 0 Å². The molecule has 0 heterocycles. The van der Waals surface area contributed by atoms with Crippen LogP contribution in [0.15, 0.2) is 34.8 Å². The molecule has 2 rings (SSSR count). The maximum absolute atomic E-state index is 13.0. The minimum atomic E-state index is -0.487. The summed E-state index contributed by atoms with van der Waals surface area (Å²) in [5.74, 6) is -0.915. The second kappa shape index (κ2) is 5.81. The first kappa shape index (κ1) is 14.8. The normalized spacial score (nSPS) is 10.4. The zero-order valence-corrected chi connectivity index (χ0v) is 12.8. The lowest BCUT2D eigenvalue weighted by atomic mass is 10.1. The number of nitrogen functional groups attached to an aromatic ring is 1. The van der Waals surface area contributed by atoms with Crippen molar-refractivity contribution in [1.82, 2.24) is 0 Å². The number of nitrogens with two attached hydrogens (primary N) is 1. The van der Waals surface area contributed by atoms with Crippen molar-refractivity contribution >= 4 is 44.8 Å². The van der Waals surface area contributed by atoms with Gasteiger partial charge in [-0.3, -0.25) is 4.79 Å². The summed E-state index contributed by atoms with van der Waals surface area (Å²) in [5, 5.41) is 3.22. The predicted molar refractivity (Wildman–Crippen MR) is 82.7 cm³/mol. The lowest BCUT2D eigenvalue weighted by Crippen LogP contribution is -2.14. The van der Waals surface area contributed by atoms with Gasteiger partial charge in [0.15, 0.2) is 0 Å². The van der Waals surface area contributed by atoms with Gasteiger partial charge in [0.05, 0.1) is 11.3 Å². The third-order valence-electron chi connectivity index (χ3n) is 2.75. The Morgan fingerprint density at radius 2 is 2.05 bits per heavy atom. The fourth-order valence-corrected chi connectivity index (χ4v) is 2.39. The second-order valence-corrected chi connectivity index (χ2v) is 5.53. The summed E-state index contributed by atoms with van der Waals surface area (Å²) in [5.41, 5.74) is 7.32. The number of nitrogens with one attached hydrogen (secondary N) is 1. The van der Waals surface area contributed by atoms with E-state index in [4.69, 9.17) is 17.3 Å². The van der Waals surface area contributed by atoms with Crippen LogP contribution in [0.5, 0.6) is 0 Å². The number of rotatable bonds is 2. The molecule has 3 nitrogen and oxygen atoms in total. The molecule has 104 valence electrons. The summed E-state index contributed by atoms with van der Waals surface area (Å²) in [6.07, 6.45) is 0. The van der Waals surface area contributed by atoms with Crippen molar-refractivity contribution < 1.29 is 9.18 Å². The molecule has 20 heavy (non-hydrogen) atoms. The molecular weight excluding hydrogens is 347 g/mol. The van der Waals surface area contributed by atoms with Gasteiger partial charge in [-0.05, 0) is 58.7 Å². The van der Waals surface area contributed by atoms with E-state index in [0.29, 0.717) is 15.2 Å². The Bertz CT molecular complexity index is 691. The molecule has 1 amide bonds. The largest absolute Gasteiger partial charge is 0.398 e. The van der Waals surface area contributed by atoms with E-state index >= 15 is 0 Å². The van der Waals surface area contributed by atoms with Crippen LogP contribution < -0.4 is 11.1 Å². The molecular formula is C14H11BrClFN2O. The maximum atomic E-state index is 13.0. The van der Waals surface area contributed by atoms with Crippen LogP contribution in [0.4, 0.5) is 15.8 Å².